The molecule has 0 bridgehead atoms. The molecule has 2 aromatic heterocycles. The van der Waals surface area contributed by atoms with Crippen molar-refractivity contribution >= 4 is 17.8 Å². The summed E-state index contributed by atoms with van der Waals surface area (Å²) in [5.41, 5.74) is 3.07. The fourth-order valence-corrected chi connectivity index (χ4v) is 4.49. The molecule has 0 atom stereocenters. The van der Waals surface area contributed by atoms with E-state index in [1.165, 1.54) is 4.90 Å². The van der Waals surface area contributed by atoms with Gasteiger partial charge < -0.3 is 9.47 Å². The second kappa shape index (κ2) is 8.55. The van der Waals surface area contributed by atoms with Crippen molar-refractivity contribution in [1.82, 2.24) is 24.3 Å². The summed E-state index contributed by atoms with van der Waals surface area (Å²) in [7, 11) is 0. The van der Waals surface area contributed by atoms with E-state index in [1.54, 1.807) is 12.4 Å². The highest BCUT2D eigenvalue weighted by atomic mass is 16.2. The minimum absolute atomic E-state index is 0.137. The van der Waals surface area contributed by atoms with E-state index in [0.29, 0.717) is 24.2 Å². The molecule has 0 saturated carbocycles. The summed E-state index contributed by atoms with van der Waals surface area (Å²) >= 11 is 0. The quantitative estimate of drug-likeness (QED) is 0.651. The zero-order valence-corrected chi connectivity index (χ0v) is 18.1. The number of carbonyl (C=O) groups is 2. The zero-order chi connectivity index (χ0) is 21.3. The van der Waals surface area contributed by atoms with Crippen LogP contribution in [-0.2, 0) is 6.54 Å². The van der Waals surface area contributed by atoms with E-state index in [4.69, 9.17) is 0 Å². The standard InChI is InChI=1S/C22H30N6O2/c1-4-5-9-27-16(2)18-19(17(27)3)21(30)28(20(18)29)15-12-25-10-13-26(14-11-25)22-23-7-6-8-24-22/h6-8H,4-5,9-15H2,1-3H3. The predicted molar refractivity (Wildman–Crippen MR) is 115 cm³/mol. The summed E-state index contributed by atoms with van der Waals surface area (Å²) in [6.07, 6.45) is 5.64. The van der Waals surface area contributed by atoms with Crippen LogP contribution in [0, 0.1) is 13.8 Å². The van der Waals surface area contributed by atoms with E-state index in [-0.39, 0.29) is 11.8 Å². The first-order chi connectivity index (χ1) is 14.5. The number of amides is 2. The fraction of sp³-hybridized carbons (Fsp3) is 0.545. The third kappa shape index (κ3) is 3.60. The number of hydrogen-bond acceptors (Lipinski definition) is 6. The van der Waals surface area contributed by atoms with Crippen molar-refractivity contribution in [3.05, 3.63) is 41.0 Å². The number of imide groups is 1. The largest absolute Gasteiger partial charge is 0.348 e. The van der Waals surface area contributed by atoms with Gasteiger partial charge in [-0.25, -0.2) is 9.97 Å². The number of fused-ring (bicyclic) bond motifs is 1. The molecule has 0 radical (unpaired) electrons. The van der Waals surface area contributed by atoms with Crippen molar-refractivity contribution in [3.8, 4) is 0 Å². The Hall–Kier alpha value is -2.74. The molecule has 30 heavy (non-hydrogen) atoms. The van der Waals surface area contributed by atoms with E-state index in [2.05, 4.69) is 31.3 Å². The number of aromatic nitrogens is 3. The molecule has 0 aliphatic carbocycles. The van der Waals surface area contributed by atoms with Crippen LogP contribution in [0.2, 0.25) is 0 Å². The molecule has 2 amide bonds. The number of unbranched alkanes of at least 4 members (excludes halogenated alkanes) is 1. The molecule has 8 nitrogen and oxygen atoms in total. The van der Waals surface area contributed by atoms with Crippen molar-refractivity contribution < 1.29 is 9.59 Å². The van der Waals surface area contributed by atoms with Gasteiger partial charge in [0.05, 0.1) is 11.1 Å². The molecule has 0 N–H and O–H groups in total. The maximum absolute atomic E-state index is 13.0. The number of rotatable bonds is 7. The van der Waals surface area contributed by atoms with E-state index in [9.17, 15) is 9.59 Å². The molecule has 2 aliphatic rings. The first-order valence-corrected chi connectivity index (χ1v) is 10.8. The Morgan fingerprint density at radius 3 is 2.03 bits per heavy atom. The Labute approximate surface area is 177 Å². The SMILES string of the molecule is CCCCn1c(C)c2c(c1C)C(=O)N(CCN1CCN(c3ncccn3)CC1)C2=O. The van der Waals surface area contributed by atoms with Gasteiger partial charge in [-0.1, -0.05) is 13.3 Å². The first kappa shape index (κ1) is 20.5. The number of nitrogens with zero attached hydrogens (tertiary/aromatic N) is 6. The van der Waals surface area contributed by atoms with Crippen LogP contribution < -0.4 is 4.90 Å². The van der Waals surface area contributed by atoms with Crippen LogP contribution in [0.3, 0.4) is 0 Å². The van der Waals surface area contributed by atoms with E-state index >= 15 is 0 Å². The van der Waals surface area contributed by atoms with Crippen LogP contribution in [0.1, 0.15) is 51.9 Å². The number of hydrogen-bond donors (Lipinski definition) is 0. The summed E-state index contributed by atoms with van der Waals surface area (Å²) in [6, 6.07) is 1.82. The lowest BCUT2D eigenvalue weighted by Gasteiger charge is -2.35. The molecule has 0 aromatic carbocycles. The molecular weight excluding hydrogens is 380 g/mol. The average molecular weight is 411 g/mol. The minimum Gasteiger partial charge on any atom is -0.348 e. The van der Waals surface area contributed by atoms with Gasteiger partial charge in [0.1, 0.15) is 0 Å². The Balaban J connectivity index is 1.36. The molecule has 0 unspecified atom stereocenters. The highest BCUT2D eigenvalue weighted by Crippen LogP contribution is 2.31. The zero-order valence-electron chi connectivity index (χ0n) is 18.1. The lowest BCUT2D eigenvalue weighted by molar-refractivity contribution is 0.0632. The van der Waals surface area contributed by atoms with Crippen LogP contribution in [-0.4, -0.2) is 75.4 Å². The molecule has 8 heteroatoms. The van der Waals surface area contributed by atoms with Gasteiger partial charge in [0.2, 0.25) is 5.95 Å². The van der Waals surface area contributed by atoms with Crippen molar-refractivity contribution in [1.29, 1.82) is 0 Å². The highest BCUT2D eigenvalue weighted by Gasteiger charge is 2.41. The van der Waals surface area contributed by atoms with Crippen molar-refractivity contribution in [2.24, 2.45) is 0 Å². The highest BCUT2D eigenvalue weighted by molar-refractivity contribution is 6.22. The Morgan fingerprint density at radius 2 is 1.47 bits per heavy atom. The number of anilines is 1. The monoisotopic (exact) mass is 410 g/mol. The van der Waals surface area contributed by atoms with Gasteiger partial charge in [0, 0.05) is 69.6 Å². The summed E-state index contributed by atoms with van der Waals surface area (Å²) < 4.78 is 2.13. The first-order valence-electron chi connectivity index (χ1n) is 10.8. The molecule has 160 valence electrons. The molecule has 0 spiro atoms. The maximum atomic E-state index is 13.0. The van der Waals surface area contributed by atoms with Crippen LogP contribution in [0.15, 0.2) is 18.5 Å². The van der Waals surface area contributed by atoms with Crippen molar-refractivity contribution in [3.63, 3.8) is 0 Å². The van der Waals surface area contributed by atoms with Crippen LogP contribution in [0.5, 0.6) is 0 Å². The van der Waals surface area contributed by atoms with Crippen LogP contribution in [0.4, 0.5) is 5.95 Å². The summed E-state index contributed by atoms with van der Waals surface area (Å²) in [6.45, 7) is 11.5. The van der Waals surface area contributed by atoms with E-state index in [1.807, 2.05) is 19.9 Å². The van der Waals surface area contributed by atoms with Crippen molar-refractivity contribution in [2.45, 2.75) is 40.2 Å². The Bertz CT molecular complexity index is 891. The predicted octanol–water partition coefficient (Wildman–Crippen LogP) is 2.11. The van der Waals surface area contributed by atoms with Crippen LogP contribution >= 0.6 is 0 Å². The summed E-state index contributed by atoms with van der Waals surface area (Å²) in [5, 5.41) is 0. The maximum Gasteiger partial charge on any atom is 0.263 e. The van der Waals surface area contributed by atoms with Gasteiger partial charge in [-0.15, -0.1) is 0 Å². The van der Waals surface area contributed by atoms with Gasteiger partial charge in [-0.3, -0.25) is 19.4 Å². The van der Waals surface area contributed by atoms with Gasteiger partial charge in [0.25, 0.3) is 11.8 Å². The van der Waals surface area contributed by atoms with E-state index < -0.39 is 0 Å². The van der Waals surface area contributed by atoms with Gasteiger partial charge >= 0.3 is 0 Å². The molecule has 4 rings (SSSR count). The molecule has 1 fully saturated rings. The molecule has 1 saturated heterocycles. The fourth-order valence-electron chi connectivity index (χ4n) is 4.49. The smallest absolute Gasteiger partial charge is 0.263 e. The third-order valence-electron chi connectivity index (χ3n) is 6.28. The Morgan fingerprint density at radius 1 is 0.867 bits per heavy atom. The van der Waals surface area contributed by atoms with Gasteiger partial charge in [-0.05, 0) is 26.3 Å². The topological polar surface area (TPSA) is 74.6 Å². The van der Waals surface area contributed by atoms with Gasteiger partial charge in [-0.2, -0.15) is 0 Å². The third-order valence-corrected chi connectivity index (χ3v) is 6.28. The number of carbonyl (C=O) groups excluding carboxylic acids is 2. The van der Waals surface area contributed by atoms with E-state index in [0.717, 1.165) is 62.9 Å². The molecule has 2 aliphatic heterocycles. The van der Waals surface area contributed by atoms with Crippen molar-refractivity contribution in [2.75, 3.05) is 44.2 Å². The van der Waals surface area contributed by atoms with Gasteiger partial charge in [0.15, 0.2) is 0 Å². The second-order valence-electron chi connectivity index (χ2n) is 8.07. The lowest BCUT2D eigenvalue weighted by atomic mass is 10.1. The summed E-state index contributed by atoms with van der Waals surface area (Å²) in [4.78, 5) is 40.6. The van der Waals surface area contributed by atoms with Crippen LogP contribution in [0.25, 0.3) is 0 Å². The number of piperazine rings is 1. The lowest BCUT2D eigenvalue weighted by Crippen LogP contribution is -2.49. The second-order valence-corrected chi connectivity index (χ2v) is 8.07. The average Bonchev–Trinajstić information content (AvgIpc) is 3.17. The Kier molecular flexibility index (Phi) is 5.85. The molecular formula is C22H30N6O2. The minimum atomic E-state index is -0.137. The molecule has 2 aromatic rings. The summed E-state index contributed by atoms with van der Waals surface area (Å²) in [5.74, 6) is 0.483. The molecule has 4 heterocycles. The normalized spacial score (nSPS) is 17.2.